The second-order valence-corrected chi connectivity index (χ2v) is 5.00. The van der Waals surface area contributed by atoms with Crippen LogP contribution < -0.4 is 0 Å². The third kappa shape index (κ3) is 2.62. The molecular weight excluding hydrogens is 248 g/mol. The summed E-state index contributed by atoms with van der Waals surface area (Å²) in [5, 5.41) is 5.68. The Labute approximate surface area is 117 Å². The fourth-order valence-electron chi connectivity index (χ4n) is 2.23. The molecule has 0 N–H and O–H groups in total. The molecule has 3 rings (SSSR count). The van der Waals surface area contributed by atoms with Crippen LogP contribution >= 0.6 is 0 Å². The lowest BCUT2D eigenvalue weighted by Gasteiger charge is -2.03. The summed E-state index contributed by atoms with van der Waals surface area (Å²) in [5.41, 5.74) is 3.21. The zero-order valence-corrected chi connectivity index (χ0v) is 11.4. The number of Topliss-reactive ketones (excluding diaryl/α,β-unsaturated/α-hetero) is 1. The molecule has 3 aromatic rings. The normalized spacial score (nSPS) is 10.8. The van der Waals surface area contributed by atoms with Crippen molar-refractivity contribution in [3.8, 4) is 5.69 Å². The van der Waals surface area contributed by atoms with E-state index >= 15 is 0 Å². The number of hydrogen-bond acceptors (Lipinski definition) is 2. The topological polar surface area (TPSA) is 34.9 Å². The summed E-state index contributed by atoms with van der Waals surface area (Å²) in [6.07, 6.45) is 3.43. The predicted molar refractivity (Wildman–Crippen MR) is 80.1 cm³/mol. The van der Waals surface area contributed by atoms with Gasteiger partial charge in [-0.05, 0) is 37.1 Å². The minimum absolute atomic E-state index is 0.229. The number of hydrogen-bond donors (Lipinski definition) is 0. The van der Waals surface area contributed by atoms with Crippen molar-refractivity contribution >= 4 is 16.7 Å². The quantitative estimate of drug-likeness (QED) is 0.722. The summed E-state index contributed by atoms with van der Waals surface area (Å²) in [6, 6.07) is 16.3. The van der Waals surface area contributed by atoms with Crippen LogP contribution in [0.2, 0.25) is 0 Å². The van der Waals surface area contributed by atoms with Gasteiger partial charge >= 0.3 is 0 Å². The highest BCUT2D eigenvalue weighted by Gasteiger charge is 2.02. The molecule has 0 aliphatic rings. The van der Waals surface area contributed by atoms with E-state index in [4.69, 9.17) is 0 Å². The first-order valence-electron chi connectivity index (χ1n) is 6.75. The molecule has 20 heavy (non-hydrogen) atoms. The van der Waals surface area contributed by atoms with Crippen LogP contribution in [0.4, 0.5) is 0 Å². The molecule has 0 atom stereocenters. The van der Waals surface area contributed by atoms with Crippen molar-refractivity contribution in [2.45, 2.75) is 19.8 Å². The van der Waals surface area contributed by atoms with Gasteiger partial charge in [0, 0.05) is 18.0 Å². The van der Waals surface area contributed by atoms with Gasteiger partial charge in [-0.3, -0.25) is 0 Å². The van der Waals surface area contributed by atoms with Gasteiger partial charge in [-0.1, -0.05) is 30.3 Å². The average Bonchev–Trinajstić information content (AvgIpc) is 2.89. The number of ketones is 1. The number of fused-ring (bicyclic) bond motifs is 1. The number of nitrogens with zero attached hydrogens (tertiary/aromatic N) is 2. The first-order chi connectivity index (χ1) is 9.72. The van der Waals surface area contributed by atoms with E-state index in [1.54, 1.807) is 6.92 Å². The molecule has 0 radical (unpaired) electrons. The van der Waals surface area contributed by atoms with Gasteiger partial charge in [-0.2, -0.15) is 5.10 Å². The molecule has 100 valence electrons. The molecule has 0 fully saturated rings. The van der Waals surface area contributed by atoms with Crippen LogP contribution in [0.25, 0.3) is 16.6 Å². The zero-order chi connectivity index (χ0) is 13.9. The number of benzene rings is 2. The first-order valence-corrected chi connectivity index (χ1v) is 6.75. The van der Waals surface area contributed by atoms with Gasteiger partial charge in [0.1, 0.15) is 5.78 Å². The summed E-state index contributed by atoms with van der Waals surface area (Å²) >= 11 is 0. The second-order valence-electron chi connectivity index (χ2n) is 5.00. The maximum absolute atomic E-state index is 11.0. The largest absolute Gasteiger partial charge is 0.300 e. The standard InChI is InChI=1S/C17H16N2O/c1-13(20)6-7-14-8-10-16(11-9-14)19-12-15-4-2-3-5-17(15)18-19/h2-5,8-12H,6-7H2,1H3. The van der Waals surface area contributed by atoms with E-state index in [9.17, 15) is 4.79 Å². The number of aryl methyl sites for hydroxylation is 1. The van der Waals surface area contributed by atoms with Crippen LogP contribution in [0.3, 0.4) is 0 Å². The number of rotatable bonds is 4. The molecule has 0 saturated carbocycles. The molecule has 0 aliphatic heterocycles. The lowest BCUT2D eigenvalue weighted by molar-refractivity contribution is -0.116. The maximum Gasteiger partial charge on any atom is 0.130 e. The molecule has 3 nitrogen and oxygen atoms in total. The van der Waals surface area contributed by atoms with Crippen molar-refractivity contribution < 1.29 is 4.79 Å². The van der Waals surface area contributed by atoms with Crippen LogP contribution in [0.5, 0.6) is 0 Å². The average molecular weight is 264 g/mol. The fourth-order valence-corrected chi connectivity index (χ4v) is 2.23. The number of carbonyl (C=O) groups is 1. The van der Waals surface area contributed by atoms with Gasteiger partial charge < -0.3 is 4.79 Å². The van der Waals surface area contributed by atoms with Crippen LogP contribution in [0, 0.1) is 0 Å². The van der Waals surface area contributed by atoms with E-state index in [0.717, 1.165) is 23.0 Å². The Morgan fingerprint density at radius 2 is 1.85 bits per heavy atom. The lowest BCUT2D eigenvalue weighted by atomic mass is 10.1. The van der Waals surface area contributed by atoms with E-state index in [0.29, 0.717) is 6.42 Å². The van der Waals surface area contributed by atoms with Crippen molar-refractivity contribution in [3.63, 3.8) is 0 Å². The molecule has 2 aromatic carbocycles. The Morgan fingerprint density at radius 3 is 2.55 bits per heavy atom. The third-order valence-corrected chi connectivity index (χ3v) is 3.38. The van der Waals surface area contributed by atoms with Gasteiger partial charge in [0.05, 0.1) is 11.2 Å². The summed E-state index contributed by atoms with van der Waals surface area (Å²) in [4.78, 5) is 11.0. The number of carbonyl (C=O) groups excluding carboxylic acids is 1. The lowest BCUT2D eigenvalue weighted by Crippen LogP contribution is -1.96. The fraction of sp³-hybridized carbons (Fsp3) is 0.176. The van der Waals surface area contributed by atoms with Gasteiger partial charge in [-0.15, -0.1) is 0 Å². The Hall–Kier alpha value is -2.42. The first kappa shape index (κ1) is 12.6. The van der Waals surface area contributed by atoms with Crippen LogP contribution in [-0.2, 0) is 11.2 Å². The van der Waals surface area contributed by atoms with Gasteiger partial charge in [0.25, 0.3) is 0 Å². The molecule has 0 spiro atoms. The van der Waals surface area contributed by atoms with E-state index < -0.39 is 0 Å². The van der Waals surface area contributed by atoms with Crippen molar-refractivity contribution in [3.05, 3.63) is 60.3 Å². The number of aromatic nitrogens is 2. The Bertz CT molecular complexity index is 708. The second kappa shape index (κ2) is 5.29. The van der Waals surface area contributed by atoms with Crippen LogP contribution in [0.15, 0.2) is 54.7 Å². The molecule has 0 saturated heterocycles. The van der Waals surface area contributed by atoms with Crippen LogP contribution in [0.1, 0.15) is 18.9 Å². The summed E-state index contributed by atoms with van der Waals surface area (Å²) in [6.45, 7) is 1.63. The van der Waals surface area contributed by atoms with Gasteiger partial charge in [0.15, 0.2) is 0 Å². The third-order valence-electron chi connectivity index (χ3n) is 3.38. The molecular formula is C17H16N2O. The molecule has 1 aromatic heterocycles. The monoisotopic (exact) mass is 264 g/mol. The predicted octanol–water partition coefficient (Wildman–Crippen LogP) is 3.55. The van der Waals surface area contributed by atoms with E-state index in [2.05, 4.69) is 23.3 Å². The van der Waals surface area contributed by atoms with Crippen molar-refractivity contribution in [1.82, 2.24) is 9.78 Å². The van der Waals surface area contributed by atoms with E-state index in [-0.39, 0.29) is 5.78 Å². The maximum atomic E-state index is 11.0. The van der Waals surface area contributed by atoms with E-state index in [1.165, 1.54) is 5.56 Å². The summed E-state index contributed by atoms with van der Waals surface area (Å²) < 4.78 is 1.89. The zero-order valence-electron chi connectivity index (χ0n) is 11.4. The molecule has 0 unspecified atom stereocenters. The minimum atomic E-state index is 0.229. The summed E-state index contributed by atoms with van der Waals surface area (Å²) in [7, 11) is 0. The van der Waals surface area contributed by atoms with Crippen LogP contribution in [-0.4, -0.2) is 15.6 Å². The Morgan fingerprint density at radius 1 is 1.10 bits per heavy atom. The Kier molecular flexibility index (Phi) is 3.33. The highest BCUT2D eigenvalue weighted by Crippen LogP contribution is 2.16. The van der Waals surface area contributed by atoms with Crippen molar-refractivity contribution in [2.24, 2.45) is 0 Å². The SMILES string of the molecule is CC(=O)CCc1ccc(-n2cc3ccccc3n2)cc1. The summed E-state index contributed by atoms with van der Waals surface area (Å²) in [5.74, 6) is 0.229. The minimum Gasteiger partial charge on any atom is -0.300 e. The smallest absolute Gasteiger partial charge is 0.130 e. The molecule has 3 heteroatoms. The van der Waals surface area contributed by atoms with Gasteiger partial charge in [-0.25, -0.2) is 4.68 Å². The molecule has 0 bridgehead atoms. The molecule has 0 aliphatic carbocycles. The van der Waals surface area contributed by atoms with Gasteiger partial charge in [0.2, 0.25) is 0 Å². The molecule has 0 amide bonds. The highest BCUT2D eigenvalue weighted by atomic mass is 16.1. The highest BCUT2D eigenvalue weighted by molar-refractivity contribution is 5.78. The molecule has 1 heterocycles. The van der Waals surface area contributed by atoms with E-state index in [1.807, 2.05) is 41.2 Å². The Balaban J connectivity index is 1.85. The van der Waals surface area contributed by atoms with Crippen molar-refractivity contribution in [2.75, 3.05) is 0 Å². The van der Waals surface area contributed by atoms with Crippen molar-refractivity contribution in [1.29, 1.82) is 0 Å².